The second kappa shape index (κ2) is 10.8. The van der Waals surface area contributed by atoms with Crippen molar-refractivity contribution < 1.29 is 14.4 Å². The molecular weight excluding hydrogens is 580 g/mol. The number of carbonyl (C=O) groups excluding carboxylic acids is 3. The molecule has 0 aliphatic carbocycles. The molecule has 2 aliphatic heterocycles. The summed E-state index contributed by atoms with van der Waals surface area (Å²) in [5, 5.41) is 7.47. The summed E-state index contributed by atoms with van der Waals surface area (Å²) >= 11 is 0. The zero-order valence-electron chi connectivity index (χ0n) is 27.7. The highest BCUT2D eigenvalue weighted by molar-refractivity contribution is 6.39. The lowest BCUT2D eigenvalue weighted by atomic mass is 9.82. The van der Waals surface area contributed by atoms with Gasteiger partial charge in [0.1, 0.15) is 0 Å². The van der Waals surface area contributed by atoms with Gasteiger partial charge in [-0.3, -0.25) is 14.4 Å². The van der Waals surface area contributed by atoms with Crippen LogP contribution >= 0.6 is 0 Å². The SMILES string of the molecule is C=C(C)/C=C(C)\C=C(/C)N1C(=O)c2ccc3c4ccc5c6c(ccc(c7ccc(c2c37)C1=O)c64)C(=O)N(C(=C)/C=C(/C)C=C(C)C)C5. The highest BCUT2D eigenvalue weighted by Gasteiger charge is 2.36. The maximum atomic E-state index is 14.0. The summed E-state index contributed by atoms with van der Waals surface area (Å²) in [5.41, 5.74) is 7.95. The Bertz CT molecular complexity index is 2360. The van der Waals surface area contributed by atoms with Gasteiger partial charge in [-0.1, -0.05) is 66.8 Å². The topological polar surface area (TPSA) is 57.7 Å². The van der Waals surface area contributed by atoms with Gasteiger partial charge in [0.2, 0.25) is 0 Å². The normalized spacial score (nSPS) is 15.5. The van der Waals surface area contributed by atoms with Gasteiger partial charge in [-0.2, -0.15) is 0 Å². The number of hydrogen-bond donors (Lipinski definition) is 0. The Balaban J connectivity index is 1.41. The van der Waals surface area contributed by atoms with Crippen LogP contribution in [0.15, 0.2) is 120 Å². The van der Waals surface area contributed by atoms with Gasteiger partial charge >= 0.3 is 0 Å². The summed E-state index contributed by atoms with van der Waals surface area (Å²) < 4.78 is 0. The van der Waals surface area contributed by atoms with Crippen LogP contribution in [0.3, 0.4) is 0 Å². The molecule has 5 aromatic carbocycles. The maximum Gasteiger partial charge on any atom is 0.265 e. The monoisotopic (exact) mass is 616 g/mol. The van der Waals surface area contributed by atoms with Crippen LogP contribution in [0.1, 0.15) is 78.2 Å². The number of rotatable bonds is 6. The van der Waals surface area contributed by atoms with Gasteiger partial charge in [0, 0.05) is 38.9 Å². The van der Waals surface area contributed by atoms with Gasteiger partial charge in [0.05, 0.1) is 6.54 Å². The standard InChI is InChI=1S/C42H36N2O3/c1-22(2)17-24(5)19-26(7)43-21-28-9-10-29-31-12-15-34-39-35(42(47)44(41(34)46)27(8)20-25(6)18-23(3)4)16-13-32(38(31)39)30-11-14-33(40(43)45)36(28)37(29)30/h9-20H,3,7,21H2,1-2,4-6,8H3/b24-19-,25-18-,27-20+. The van der Waals surface area contributed by atoms with Gasteiger partial charge in [-0.05, 0) is 121 Å². The molecule has 7 rings (SSSR count). The molecule has 0 N–H and O–H groups in total. The Morgan fingerprint density at radius 3 is 1.60 bits per heavy atom. The zero-order chi connectivity index (χ0) is 33.5. The average Bonchev–Trinajstić information content (AvgIpc) is 3.00. The lowest BCUT2D eigenvalue weighted by Gasteiger charge is -2.31. The fraction of sp³-hybridized carbons (Fsp3) is 0.167. The molecule has 0 saturated carbocycles. The number of amides is 3. The Morgan fingerprint density at radius 2 is 1.06 bits per heavy atom. The molecule has 2 heterocycles. The van der Waals surface area contributed by atoms with E-state index in [2.05, 4.69) is 31.4 Å². The molecular formula is C42H36N2O3. The molecule has 5 nitrogen and oxygen atoms in total. The summed E-state index contributed by atoms with van der Waals surface area (Å²) in [5.74, 6) is -0.741. The Kier molecular flexibility index (Phi) is 6.90. The third-order valence-corrected chi connectivity index (χ3v) is 9.18. The van der Waals surface area contributed by atoms with Crippen LogP contribution in [0, 0.1) is 0 Å². The third kappa shape index (κ3) is 4.57. The summed E-state index contributed by atoms with van der Waals surface area (Å²) in [6, 6.07) is 15.8. The smallest absolute Gasteiger partial charge is 0.265 e. The molecule has 3 amide bonds. The summed E-state index contributed by atoms with van der Waals surface area (Å²) in [4.78, 5) is 44.9. The van der Waals surface area contributed by atoms with Crippen molar-refractivity contribution in [2.45, 2.75) is 48.1 Å². The second-order valence-corrected chi connectivity index (χ2v) is 13.2. The van der Waals surface area contributed by atoms with Crippen molar-refractivity contribution in [3.63, 3.8) is 0 Å². The first kappa shape index (κ1) is 30.1. The van der Waals surface area contributed by atoms with Crippen LogP contribution < -0.4 is 0 Å². The highest BCUT2D eigenvalue weighted by Crippen LogP contribution is 2.46. The van der Waals surface area contributed by atoms with Crippen LogP contribution in [0.4, 0.5) is 0 Å². The predicted molar refractivity (Wildman–Crippen MR) is 193 cm³/mol. The van der Waals surface area contributed by atoms with E-state index in [1.165, 1.54) is 10.5 Å². The fourth-order valence-corrected chi connectivity index (χ4v) is 7.56. The number of benzene rings is 5. The van der Waals surface area contributed by atoms with Crippen molar-refractivity contribution in [2.75, 3.05) is 0 Å². The molecule has 5 aromatic rings. The van der Waals surface area contributed by atoms with Gasteiger partial charge in [0.25, 0.3) is 17.7 Å². The highest BCUT2D eigenvalue weighted by atomic mass is 16.2. The lowest BCUT2D eigenvalue weighted by Crippen LogP contribution is -2.39. The molecule has 0 spiro atoms. The van der Waals surface area contributed by atoms with Crippen molar-refractivity contribution >= 4 is 60.8 Å². The number of imide groups is 1. The van der Waals surface area contributed by atoms with Gasteiger partial charge in [-0.15, -0.1) is 0 Å². The second-order valence-electron chi connectivity index (χ2n) is 13.2. The van der Waals surface area contributed by atoms with Gasteiger partial charge in [-0.25, -0.2) is 4.90 Å². The molecule has 0 unspecified atom stereocenters. The summed E-state index contributed by atoms with van der Waals surface area (Å²) in [7, 11) is 0. The van der Waals surface area contributed by atoms with E-state index in [0.29, 0.717) is 40.0 Å². The van der Waals surface area contributed by atoms with Crippen LogP contribution in [0.2, 0.25) is 0 Å². The summed E-state index contributed by atoms with van der Waals surface area (Å²) in [6.45, 7) is 20.3. The van der Waals surface area contributed by atoms with E-state index in [1.54, 1.807) is 11.8 Å². The molecule has 5 heteroatoms. The number of nitrogens with zero attached hydrogens (tertiary/aromatic N) is 2. The molecule has 232 valence electrons. The number of hydrogen-bond acceptors (Lipinski definition) is 3. The first-order valence-electron chi connectivity index (χ1n) is 15.8. The average molecular weight is 617 g/mol. The fourth-order valence-electron chi connectivity index (χ4n) is 7.56. The van der Waals surface area contributed by atoms with Crippen molar-refractivity contribution in [3.05, 3.63) is 142 Å². The molecule has 0 aromatic heterocycles. The molecule has 2 aliphatic rings. The maximum absolute atomic E-state index is 14.0. The van der Waals surface area contributed by atoms with Crippen molar-refractivity contribution in [3.8, 4) is 0 Å². The van der Waals surface area contributed by atoms with Gasteiger partial charge in [0.15, 0.2) is 0 Å². The predicted octanol–water partition coefficient (Wildman–Crippen LogP) is 10.1. The van der Waals surface area contributed by atoms with E-state index in [9.17, 15) is 14.4 Å². The van der Waals surface area contributed by atoms with Crippen molar-refractivity contribution in [2.24, 2.45) is 0 Å². The van der Waals surface area contributed by atoms with E-state index in [0.717, 1.165) is 60.0 Å². The number of allylic oxidation sites excluding steroid dienone is 9. The van der Waals surface area contributed by atoms with Gasteiger partial charge < -0.3 is 4.90 Å². The zero-order valence-corrected chi connectivity index (χ0v) is 27.7. The van der Waals surface area contributed by atoms with Crippen molar-refractivity contribution in [1.82, 2.24) is 9.80 Å². The van der Waals surface area contributed by atoms with E-state index >= 15 is 0 Å². The molecule has 0 atom stereocenters. The molecule has 0 fully saturated rings. The largest absolute Gasteiger partial charge is 0.305 e. The van der Waals surface area contributed by atoms with Crippen LogP contribution in [-0.2, 0) is 6.54 Å². The Labute approximate surface area is 274 Å². The quantitative estimate of drug-likeness (QED) is 0.0826. The van der Waals surface area contributed by atoms with E-state index < -0.39 is 0 Å². The van der Waals surface area contributed by atoms with Crippen LogP contribution in [-0.4, -0.2) is 27.5 Å². The van der Waals surface area contributed by atoms with E-state index in [-0.39, 0.29) is 17.7 Å². The van der Waals surface area contributed by atoms with E-state index in [1.807, 2.05) is 89.2 Å². The molecule has 0 radical (unpaired) electrons. The van der Waals surface area contributed by atoms with Crippen LogP contribution in [0.25, 0.3) is 43.1 Å². The Morgan fingerprint density at radius 1 is 0.574 bits per heavy atom. The molecule has 0 saturated heterocycles. The molecule has 0 bridgehead atoms. The Hall–Kier alpha value is -5.55. The van der Waals surface area contributed by atoms with Crippen molar-refractivity contribution in [1.29, 1.82) is 0 Å². The first-order chi connectivity index (χ1) is 22.4. The lowest BCUT2D eigenvalue weighted by molar-refractivity contribution is 0.0662. The third-order valence-electron chi connectivity index (χ3n) is 9.18. The molecule has 47 heavy (non-hydrogen) atoms. The minimum absolute atomic E-state index is 0.0727. The minimum Gasteiger partial charge on any atom is -0.305 e. The minimum atomic E-state index is -0.334. The summed E-state index contributed by atoms with van der Waals surface area (Å²) in [6.07, 6.45) is 7.79. The van der Waals surface area contributed by atoms with E-state index in [4.69, 9.17) is 0 Å². The first-order valence-corrected chi connectivity index (χ1v) is 15.8. The number of carbonyl (C=O) groups is 3. The van der Waals surface area contributed by atoms with Crippen LogP contribution in [0.5, 0.6) is 0 Å². The number of fused-ring (bicyclic) bond motifs is 2.